The summed E-state index contributed by atoms with van der Waals surface area (Å²) in [5.74, 6) is 1.63. The van der Waals surface area contributed by atoms with E-state index in [1.165, 1.54) is 0 Å². The lowest BCUT2D eigenvalue weighted by atomic mass is 9.89. The van der Waals surface area contributed by atoms with Crippen molar-refractivity contribution in [2.24, 2.45) is 5.92 Å². The van der Waals surface area contributed by atoms with E-state index in [1.807, 2.05) is 48.7 Å². The Labute approximate surface area is 158 Å². The van der Waals surface area contributed by atoms with Crippen LogP contribution in [0.1, 0.15) is 17.8 Å². The molecule has 1 unspecified atom stereocenters. The van der Waals surface area contributed by atoms with Gasteiger partial charge in [-0.15, -0.1) is 0 Å². The minimum atomic E-state index is -0.0152. The molecule has 0 saturated carbocycles. The van der Waals surface area contributed by atoms with Crippen LogP contribution >= 0.6 is 0 Å². The molecule has 4 rings (SSSR count). The van der Waals surface area contributed by atoms with Crippen molar-refractivity contribution in [2.45, 2.75) is 19.3 Å². The van der Waals surface area contributed by atoms with Crippen LogP contribution in [0, 0.1) is 5.92 Å². The Kier molecular flexibility index (Phi) is 4.96. The molecule has 0 fully saturated rings. The maximum absolute atomic E-state index is 12.5. The van der Waals surface area contributed by atoms with Gasteiger partial charge in [0, 0.05) is 24.2 Å². The summed E-state index contributed by atoms with van der Waals surface area (Å²) in [7, 11) is 1.63. The van der Waals surface area contributed by atoms with Crippen molar-refractivity contribution >= 4 is 11.6 Å². The van der Waals surface area contributed by atoms with Crippen molar-refractivity contribution in [2.75, 3.05) is 20.3 Å². The molecular formula is C21H23N3O3. The highest BCUT2D eigenvalue weighted by Crippen LogP contribution is 2.26. The first-order valence-electron chi connectivity index (χ1n) is 9.24. The molecule has 1 aliphatic rings. The van der Waals surface area contributed by atoms with E-state index in [0.717, 1.165) is 47.8 Å². The van der Waals surface area contributed by atoms with E-state index in [2.05, 4.69) is 14.7 Å². The lowest BCUT2D eigenvalue weighted by Crippen LogP contribution is -2.36. The van der Waals surface area contributed by atoms with Crippen LogP contribution in [-0.2, 0) is 17.6 Å². The smallest absolute Gasteiger partial charge is 0.223 e. The van der Waals surface area contributed by atoms with E-state index in [4.69, 9.17) is 9.47 Å². The van der Waals surface area contributed by atoms with Crippen LogP contribution < -0.4 is 14.8 Å². The molecular weight excluding hydrogens is 342 g/mol. The Balaban J connectivity index is 1.29. The van der Waals surface area contributed by atoms with Gasteiger partial charge < -0.3 is 19.2 Å². The molecule has 0 spiro atoms. The van der Waals surface area contributed by atoms with Crippen molar-refractivity contribution in [1.82, 2.24) is 14.7 Å². The molecule has 0 aliphatic heterocycles. The van der Waals surface area contributed by atoms with Gasteiger partial charge in [-0.2, -0.15) is 0 Å². The number of aromatic nitrogens is 2. The first-order valence-corrected chi connectivity index (χ1v) is 9.24. The second kappa shape index (κ2) is 7.70. The molecule has 3 aromatic rings. The van der Waals surface area contributed by atoms with Gasteiger partial charge in [-0.3, -0.25) is 4.79 Å². The lowest BCUT2D eigenvalue weighted by molar-refractivity contribution is -0.125. The topological polar surface area (TPSA) is 64.9 Å². The minimum absolute atomic E-state index is 0.0152. The second-order valence-corrected chi connectivity index (χ2v) is 6.69. The van der Waals surface area contributed by atoms with E-state index in [0.29, 0.717) is 13.2 Å². The predicted molar refractivity (Wildman–Crippen MR) is 102 cm³/mol. The van der Waals surface area contributed by atoms with Gasteiger partial charge in [-0.05, 0) is 49.2 Å². The molecule has 0 radical (unpaired) electrons. The maximum Gasteiger partial charge on any atom is 0.223 e. The zero-order valence-electron chi connectivity index (χ0n) is 15.4. The van der Waals surface area contributed by atoms with E-state index in [9.17, 15) is 4.79 Å². The van der Waals surface area contributed by atoms with Crippen molar-refractivity contribution in [3.63, 3.8) is 0 Å². The summed E-state index contributed by atoms with van der Waals surface area (Å²) in [6.45, 7) is 0.924. The fourth-order valence-corrected chi connectivity index (χ4v) is 3.54. The van der Waals surface area contributed by atoms with Crippen molar-refractivity contribution < 1.29 is 14.3 Å². The summed E-state index contributed by atoms with van der Waals surface area (Å²) in [6.07, 6.45) is 4.43. The highest BCUT2D eigenvalue weighted by molar-refractivity contribution is 5.79. The number of fused-ring (bicyclic) bond motifs is 3. The van der Waals surface area contributed by atoms with Gasteiger partial charge in [0.2, 0.25) is 5.91 Å². The SMILES string of the molecule is COc1ccc(OCCNC(=O)C2CCc3nc4ccccn4c3C2)cc1. The third kappa shape index (κ3) is 3.74. The summed E-state index contributed by atoms with van der Waals surface area (Å²) >= 11 is 0. The van der Waals surface area contributed by atoms with Gasteiger partial charge >= 0.3 is 0 Å². The standard InChI is InChI=1S/C21H23N3O3/c1-26-16-6-8-17(9-7-16)27-13-11-22-21(25)15-5-10-18-19(14-15)24-12-3-2-4-20(24)23-18/h2-4,6-9,12,15H,5,10-11,13-14H2,1H3,(H,22,25). The summed E-state index contributed by atoms with van der Waals surface area (Å²) in [5.41, 5.74) is 3.23. The van der Waals surface area contributed by atoms with Crippen molar-refractivity contribution in [1.29, 1.82) is 0 Å². The number of hydrogen-bond acceptors (Lipinski definition) is 4. The number of ether oxygens (including phenoxy) is 2. The highest BCUT2D eigenvalue weighted by Gasteiger charge is 2.27. The molecule has 1 aromatic carbocycles. The fraction of sp³-hybridized carbons (Fsp3) is 0.333. The third-order valence-electron chi connectivity index (χ3n) is 4.98. The van der Waals surface area contributed by atoms with Crippen LogP contribution in [0.15, 0.2) is 48.7 Å². The largest absolute Gasteiger partial charge is 0.497 e. The van der Waals surface area contributed by atoms with Gasteiger partial charge in [-0.1, -0.05) is 6.07 Å². The predicted octanol–water partition coefficient (Wildman–Crippen LogP) is 2.64. The molecule has 2 heterocycles. The molecule has 0 bridgehead atoms. The first kappa shape index (κ1) is 17.4. The molecule has 1 N–H and O–H groups in total. The lowest BCUT2D eigenvalue weighted by Gasteiger charge is -2.21. The Morgan fingerprint density at radius 1 is 1.22 bits per heavy atom. The molecule has 1 aliphatic carbocycles. The summed E-state index contributed by atoms with van der Waals surface area (Å²) < 4.78 is 12.9. The number of carbonyl (C=O) groups is 1. The quantitative estimate of drug-likeness (QED) is 0.682. The number of nitrogens with zero attached hydrogens (tertiary/aromatic N) is 2. The number of benzene rings is 1. The zero-order chi connectivity index (χ0) is 18.6. The van der Waals surface area contributed by atoms with Crippen molar-refractivity contribution in [3.8, 4) is 11.5 Å². The Bertz CT molecular complexity index is 933. The number of carbonyl (C=O) groups excluding carboxylic acids is 1. The van der Waals surface area contributed by atoms with Gasteiger partial charge in [-0.25, -0.2) is 4.98 Å². The van der Waals surface area contributed by atoms with Gasteiger partial charge in [0.05, 0.1) is 19.3 Å². The Hall–Kier alpha value is -3.02. The summed E-state index contributed by atoms with van der Waals surface area (Å²) in [5, 5.41) is 3.00. The van der Waals surface area contributed by atoms with E-state index in [1.54, 1.807) is 7.11 Å². The molecule has 1 amide bonds. The maximum atomic E-state index is 12.5. The number of hydrogen-bond donors (Lipinski definition) is 1. The normalized spacial score (nSPS) is 16.0. The minimum Gasteiger partial charge on any atom is -0.497 e. The van der Waals surface area contributed by atoms with E-state index < -0.39 is 0 Å². The number of amides is 1. The number of imidazole rings is 1. The number of rotatable bonds is 6. The molecule has 2 aromatic heterocycles. The van der Waals surface area contributed by atoms with Gasteiger partial charge in [0.1, 0.15) is 23.8 Å². The molecule has 140 valence electrons. The average molecular weight is 365 g/mol. The molecule has 6 nitrogen and oxygen atoms in total. The second-order valence-electron chi connectivity index (χ2n) is 6.69. The highest BCUT2D eigenvalue weighted by atomic mass is 16.5. The van der Waals surface area contributed by atoms with Gasteiger partial charge in [0.15, 0.2) is 0 Å². The Morgan fingerprint density at radius 3 is 2.85 bits per heavy atom. The summed E-state index contributed by atoms with van der Waals surface area (Å²) in [4.78, 5) is 17.2. The van der Waals surface area contributed by atoms with Crippen LogP contribution in [0.5, 0.6) is 11.5 Å². The average Bonchev–Trinajstić information content (AvgIpc) is 3.09. The van der Waals surface area contributed by atoms with Crippen LogP contribution in [0.2, 0.25) is 0 Å². The fourth-order valence-electron chi connectivity index (χ4n) is 3.54. The Morgan fingerprint density at radius 2 is 2.04 bits per heavy atom. The monoisotopic (exact) mass is 365 g/mol. The van der Waals surface area contributed by atoms with Crippen molar-refractivity contribution in [3.05, 3.63) is 60.0 Å². The van der Waals surface area contributed by atoms with Crippen LogP contribution in [0.4, 0.5) is 0 Å². The number of nitrogens with one attached hydrogen (secondary N) is 1. The van der Waals surface area contributed by atoms with Crippen LogP contribution in [-0.4, -0.2) is 35.6 Å². The molecule has 27 heavy (non-hydrogen) atoms. The van der Waals surface area contributed by atoms with E-state index >= 15 is 0 Å². The molecule has 0 saturated heterocycles. The number of aryl methyl sites for hydroxylation is 1. The third-order valence-corrected chi connectivity index (χ3v) is 4.98. The number of methoxy groups -OCH3 is 1. The van der Waals surface area contributed by atoms with E-state index in [-0.39, 0.29) is 11.8 Å². The molecule has 1 atom stereocenters. The van der Waals surface area contributed by atoms with Crippen LogP contribution in [0.25, 0.3) is 5.65 Å². The zero-order valence-corrected chi connectivity index (χ0v) is 15.4. The molecule has 6 heteroatoms. The number of pyridine rings is 1. The first-order chi connectivity index (χ1) is 13.2. The van der Waals surface area contributed by atoms with Crippen LogP contribution in [0.3, 0.4) is 0 Å². The van der Waals surface area contributed by atoms with Gasteiger partial charge in [0.25, 0.3) is 0 Å². The summed E-state index contributed by atoms with van der Waals surface area (Å²) in [6, 6.07) is 13.4.